The minimum Gasteiger partial charge on any atom is -0.462 e. The maximum Gasteiger partial charge on any atom is 0.306 e. The second kappa shape index (κ2) is 61.7. The molecule has 0 aromatic carbocycles. The van der Waals surface area contributed by atoms with Crippen molar-refractivity contribution in [3.05, 3.63) is 60.8 Å². The zero-order valence-electron chi connectivity index (χ0n) is 48.7. The van der Waals surface area contributed by atoms with Crippen molar-refractivity contribution < 1.29 is 28.6 Å². The number of allylic oxidation sites excluding steroid dienone is 10. The molecule has 0 aromatic heterocycles. The van der Waals surface area contributed by atoms with E-state index in [1.807, 2.05) is 0 Å². The molecule has 73 heavy (non-hydrogen) atoms. The van der Waals surface area contributed by atoms with Gasteiger partial charge in [0.2, 0.25) is 0 Å². The van der Waals surface area contributed by atoms with E-state index in [2.05, 4.69) is 81.5 Å². The molecule has 0 spiro atoms. The van der Waals surface area contributed by atoms with Crippen molar-refractivity contribution in [2.75, 3.05) is 13.2 Å². The van der Waals surface area contributed by atoms with Crippen molar-refractivity contribution in [2.45, 2.75) is 335 Å². The van der Waals surface area contributed by atoms with Gasteiger partial charge in [0.25, 0.3) is 0 Å². The topological polar surface area (TPSA) is 78.9 Å². The summed E-state index contributed by atoms with van der Waals surface area (Å²) in [6.45, 7) is 6.52. The van der Waals surface area contributed by atoms with Gasteiger partial charge >= 0.3 is 17.9 Å². The average Bonchev–Trinajstić information content (AvgIpc) is 3.39. The van der Waals surface area contributed by atoms with Crippen LogP contribution in [0.3, 0.4) is 0 Å². The first-order valence-electron chi connectivity index (χ1n) is 31.8. The van der Waals surface area contributed by atoms with Crippen LogP contribution in [-0.4, -0.2) is 37.2 Å². The molecule has 0 bridgehead atoms. The largest absolute Gasteiger partial charge is 0.462 e. The number of rotatable bonds is 58. The van der Waals surface area contributed by atoms with E-state index in [0.29, 0.717) is 19.3 Å². The first-order valence-corrected chi connectivity index (χ1v) is 31.8. The van der Waals surface area contributed by atoms with Crippen LogP contribution in [0.1, 0.15) is 329 Å². The van der Waals surface area contributed by atoms with Gasteiger partial charge in [-0.15, -0.1) is 0 Å². The average molecular weight is 1020 g/mol. The third-order valence-electron chi connectivity index (χ3n) is 14.0. The van der Waals surface area contributed by atoms with Crippen molar-refractivity contribution in [3.63, 3.8) is 0 Å². The quantitative estimate of drug-likeness (QED) is 0.0261. The van der Waals surface area contributed by atoms with Gasteiger partial charge in [-0.2, -0.15) is 0 Å². The highest BCUT2D eigenvalue weighted by atomic mass is 16.6. The number of unbranched alkanes of at least 4 members (excludes halogenated alkanes) is 37. The molecule has 0 rings (SSSR count). The number of hydrogen-bond acceptors (Lipinski definition) is 6. The molecule has 0 amide bonds. The van der Waals surface area contributed by atoms with Crippen molar-refractivity contribution in [1.82, 2.24) is 0 Å². The summed E-state index contributed by atoms with van der Waals surface area (Å²) in [4.78, 5) is 38.1. The monoisotopic (exact) mass is 1020 g/mol. The molecule has 1 unspecified atom stereocenters. The summed E-state index contributed by atoms with van der Waals surface area (Å²) in [6.07, 6.45) is 78.3. The molecule has 0 aromatic rings. The Kier molecular flexibility index (Phi) is 59.2. The fourth-order valence-electron chi connectivity index (χ4n) is 9.25. The number of esters is 3. The third-order valence-corrected chi connectivity index (χ3v) is 14.0. The first-order chi connectivity index (χ1) is 36.0. The Balaban J connectivity index is 4.10. The molecule has 0 aliphatic heterocycles. The van der Waals surface area contributed by atoms with Gasteiger partial charge in [0, 0.05) is 19.3 Å². The van der Waals surface area contributed by atoms with Gasteiger partial charge in [0.15, 0.2) is 6.10 Å². The van der Waals surface area contributed by atoms with Gasteiger partial charge in [-0.05, 0) is 83.5 Å². The molecule has 6 nitrogen and oxygen atoms in total. The van der Waals surface area contributed by atoms with E-state index in [1.165, 1.54) is 205 Å². The van der Waals surface area contributed by atoms with E-state index in [-0.39, 0.29) is 31.1 Å². The summed E-state index contributed by atoms with van der Waals surface area (Å²) >= 11 is 0. The number of hydrogen-bond donors (Lipinski definition) is 0. The summed E-state index contributed by atoms with van der Waals surface area (Å²) < 4.78 is 16.8. The van der Waals surface area contributed by atoms with Crippen molar-refractivity contribution in [3.8, 4) is 0 Å². The third kappa shape index (κ3) is 59.9. The van der Waals surface area contributed by atoms with Crippen LogP contribution in [0.15, 0.2) is 60.8 Å². The van der Waals surface area contributed by atoms with Gasteiger partial charge < -0.3 is 14.2 Å². The lowest BCUT2D eigenvalue weighted by Crippen LogP contribution is -2.30. The molecule has 6 heteroatoms. The van der Waals surface area contributed by atoms with Crippen LogP contribution < -0.4 is 0 Å². The van der Waals surface area contributed by atoms with E-state index in [0.717, 1.165) is 83.5 Å². The summed E-state index contributed by atoms with van der Waals surface area (Å²) in [5, 5.41) is 0. The van der Waals surface area contributed by atoms with Gasteiger partial charge in [-0.25, -0.2) is 0 Å². The minimum absolute atomic E-state index is 0.0717. The van der Waals surface area contributed by atoms with Crippen molar-refractivity contribution in [2.24, 2.45) is 0 Å². The molecule has 0 heterocycles. The Morgan fingerprint density at radius 3 is 0.849 bits per heavy atom. The second-order valence-electron chi connectivity index (χ2n) is 21.3. The molecule has 0 radical (unpaired) electrons. The van der Waals surface area contributed by atoms with Gasteiger partial charge in [-0.3, -0.25) is 14.4 Å². The smallest absolute Gasteiger partial charge is 0.306 e. The number of carbonyl (C=O) groups is 3. The van der Waals surface area contributed by atoms with Gasteiger partial charge in [-0.1, -0.05) is 287 Å². The molecule has 0 saturated heterocycles. The molecule has 0 saturated carbocycles. The number of carbonyl (C=O) groups excluding carboxylic acids is 3. The molecular formula is C67H120O6. The SMILES string of the molecule is CC/C=C\C/C=C\C/C=C\C/C=C\CCCCCCCCCCCCCCCCC(=O)OCC(COC(=O)CCCCCCCCC)OC(=O)CCCCCCCCCCC/C=C\CCCCCCCCCC. The molecule has 424 valence electrons. The van der Waals surface area contributed by atoms with Crippen LogP contribution in [0.5, 0.6) is 0 Å². The first kappa shape index (κ1) is 70.1. The number of ether oxygens (including phenoxy) is 3. The van der Waals surface area contributed by atoms with E-state index in [9.17, 15) is 14.4 Å². The summed E-state index contributed by atoms with van der Waals surface area (Å²) in [5.41, 5.74) is 0. The molecule has 0 fully saturated rings. The lowest BCUT2D eigenvalue weighted by molar-refractivity contribution is -0.167. The minimum atomic E-state index is -0.771. The van der Waals surface area contributed by atoms with Crippen LogP contribution >= 0.6 is 0 Å². The predicted octanol–water partition coefficient (Wildman–Crippen LogP) is 21.6. The van der Waals surface area contributed by atoms with Crippen LogP contribution in [-0.2, 0) is 28.6 Å². The predicted molar refractivity (Wildman–Crippen MR) is 316 cm³/mol. The van der Waals surface area contributed by atoms with E-state index < -0.39 is 6.10 Å². The fraction of sp³-hybridized carbons (Fsp3) is 0.806. The second-order valence-corrected chi connectivity index (χ2v) is 21.3. The highest BCUT2D eigenvalue weighted by Crippen LogP contribution is 2.17. The van der Waals surface area contributed by atoms with Crippen LogP contribution in [0.2, 0.25) is 0 Å². The maximum atomic E-state index is 12.9. The zero-order valence-corrected chi connectivity index (χ0v) is 48.7. The van der Waals surface area contributed by atoms with Crippen LogP contribution in [0, 0.1) is 0 Å². The molecular weight excluding hydrogens is 901 g/mol. The molecule has 0 N–H and O–H groups in total. The Hall–Kier alpha value is -2.89. The van der Waals surface area contributed by atoms with Crippen molar-refractivity contribution in [1.29, 1.82) is 0 Å². The Morgan fingerprint density at radius 1 is 0.288 bits per heavy atom. The van der Waals surface area contributed by atoms with Crippen LogP contribution in [0.25, 0.3) is 0 Å². The van der Waals surface area contributed by atoms with E-state index >= 15 is 0 Å². The molecule has 0 aliphatic carbocycles. The standard InChI is InChI=1S/C67H120O6/c1-4-7-10-13-16-18-20-22-24-26-28-30-31-32-33-34-35-37-38-40-42-44-46-48-51-54-57-60-66(69)72-63-64(62-71-65(68)59-56-53-50-15-12-9-6-3)73-67(70)61-58-55-52-49-47-45-43-41-39-36-29-27-25-23-21-19-17-14-11-8-5-2/h7,10,16,18,22,24,27-30,64H,4-6,8-9,11-15,17,19-21,23,25-26,31-63H2,1-3H3/b10-7-,18-16-,24-22-,29-27-,30-28-. The highest BCUT2D eigenvalue weighted by Gasteiger charge is 2.19. The summed E-state index contributed by atoms with van der Waals surface area (Å²) in [6, 6.07) is 0. The normalized spacial score (nSPS) is 12.4. The van der Waals surface area contributed by atoms with E-state index in [1.54, 1.807) is 0 Å². The van der Waals surface area contributed by atoms with Crippen molar-refractivity contribution >= 4 is 17.9 Å². The van der Waals surface area contributed by atoms with Gasteiger partial charge in [0.1, 0.15) is 13.2 Å². The Bertz CT molecular complexity index is 1310. The molecule has 0 aliphatic rings. The maximum absolute atomic E-state index is 12.9. The van der Waals surface area contributed by atoms with E-state index in [4.69, 9.17) is 14.2 Å². The summed E-state index contributed by atoms with van der Waals surface area (Å²) in [7, 11) is 0. The molecule has 1 atom stereocenters. The lowest BCUT2D eigenvalue weighted by atomic mass is 10.0. The van der Waals surface area contributed by atoms with Gasteiger partial charge in [0.05, 0.1) is 0 Å². The Morgan fingerprint density at radius 2 is 0.534 bits per heavy atom. The van der Waals surface area contributed by atoms with Crippen LogP contribution in [0.4, 0.5) is 0 Å². The Labute approximate surface area is 453 Å². The lowest BCUT2D eigenvalue weighted by Gasteiger charge is -2.18. The highest BCUT2D eigenvalue weighted by molar-refractivity contribution is 5.71. The summed E-state index contributed by atoms with van der Waals surface area (Å²) in [5.74, 6) is -0.865. The fourth-order valence-corrected chi connectivity index (χ4v) is 9.25. The zero-order chi connectivity index (χ0) is 52.9.